The van der Waals surface area contributed by atoms with Gasteiger partial charge in [-0.05, 0) is 43.7 Å². The molecule has 6 nitrogen and oxygen atoms in total. The molecule has 0 saturated heterocycles. The van der Waals surface area contributed by atoms with Crippen LogP contribution in [0.1, 0.15) is 20.4 Å². The zero-order valence-corrected chi connectivity index (χ0v) is 19.5. The quantitative estimate of drug-likeness (QED) is 0.383. The fourth-order valence-corrected chi connectivity index (χ4v) is 5.27. The minimum absolute atomic E-state index is 0.235. The third kappa shape index (κ3) is 4.35. The molecule has 2 aromatic carbocycles. The molecule has 0 fully saturated rings. The summed E-state index contributed by atoms with van der Waals surface area (Å²) >= 11 is 3.32. The minimum Gasteiger partial charge on any atom is -0.350 e. The first kappa shape index (κ1) is 21.2. The SMILES string of the molecule is Cc1nc(-c2ccc(CCNC(=O)c3nn(-c4ccccc4)c(=O)c4ccccc34)s2)cs1. The number of fused-ring (bicyclic) bond motifs is 1. The Morgan fingerprint density at radius 1 is 1.00 bits per heavy atom. The Hall–Kier alpha value is -3.62. The molecule has 0 radical (unpaired) electrons. The molecule has 3 aromatic heterocycles. The number of benzene rings is 2. The lowest BCUT2D eigenvalue weighted by atomic mass is 10.1. The van der Waals surface area contributed by atoms with Crippen LogP contribution in [0.15, 0.2) is 76.9 Å². The highest BCUT2D eigenvalue weighted by Gasteiger charge is 2.17. The van der Waals surface area contributed by atoms with Crippen molar-refractivity contribution in [2.75, 3.05) is 6.54 Å². The summed E-state index contributed by atoms with van der Waals surface area (Å²) in [6, 6.07) is 20.4. The topological polar surface area (TPSA) is 76.9 Å². The van der Waals surface area contributed by atoms with Crippen molar-refractivity contribution in [1.82, 2.24) is 20.1 Å². The molecule has 0 unspecified atom stereocenters. The molecular weight excluding hydrogens is 452 g/mol. The molecular formula is C25H20N4O2S2. The predicted molar refractivity (Wildman–Crippen MR) is 134 cm³/mol. The predicted octanol–water partition coefficient (Wildman–Crippen LogP) is 4.85. The molecule has 164 valence electrons. The van der Waals surface area contributed by atoms with E-state index in [2.05, 4.69) is 32.9 Å². The molecule has 0 atom stereocenters. The van der Waals surface area contributed by atoms with E-state index in [1.54, 1.807) is 59.1 Å². The third-order valence-corrected chi connectivity index (χ3v) is 7.15. The molecule has 5 aromatic rings. The summed E-state index contributed by atoms with van der Waals surface area (Å²) in [6.45, 7) is 2.46. The van der Waals surface area contributed by atoms with Crippen LogP contribution in [0.2, 0.25) is 0 Å². The fourth-order valence-electron chi connectivity index (χ4n) is 3.61. The van der Waals surface area contributed by atoms with Gasteiger partial charge in [0.05, 0.1) is 26.7 Å². The summed E-state index contributed by atoms with van der Waals surface area (Å²) in [6.07, 6.45) is 0.704. The van der Waals surface area contributed by atoms with Crippen molar-refractivity contribution >= 4 is 39.4 Å². The molecule has 3 heterocycles. The summed E-state index contributed by atoms with van der Waals surface area (Å²) in [5.41, 5.74) is 1.60. The lowest BCUT2D eigenvalue weighted by Gasteiger charge is -2.11. The van der Waals surface area contributed by atoms with Crippen LogP contribution in [0.25, 0.3) is 27.0 Å². The molecule has 1 amide bonds. The van der Waals surface area contributed by atoms with Crippen LogP contribution in [0.4, 0.5) is 0 Å². The van der Waals surface area contributed by atoms with Crippen LogP contribution in [0.5, 0.6) is 0 Å². The highest BCUT2D eigenvalue weighted by molar-refractivity contribution is 7.16. The van der Waals surface area contributed by atoms with Crippen LogP contribution in [0.3, 0.4) is 0 Å². The zero-order chi connectivity index (χ0) is 22.8. The van der Waals surface area contributed by atoms with E-state index in [0.717, 1.165) is 15.6 Å². The Labute approximate surface area is 198 Å². The standard InChI is InChI=1S/C25H20N4O2S2/c1-16-27-21(15-32-16)22-12-11-18(33-22)13-14-26-24(30)23-19-9-5-6-10-20(19)25(31)29(28-23)17-7-3-2-4-8-17/h2-12,15H,13-14H2,1H3,(H,26,30). The van der Waals surface area contributed by atoms with Crippen molar-refractivity contribution in [3.05, 3.63) is 98.0 Å². The van der Waals surface area contributed by atoms with Gasteiger partial charge < -0.3 is 5.32 Å². The maximum atomic E-state index is 13.1. The first-order chi connectivity index (χ1) is 16.1. The van der Waals surface area contributed by atoms with Gasteiger partial charge in [0.15, 0.2) is 5.69 Å². The van der Waals surface area contributed by atoms with E-state index < -0.39 is 0 Å². The van der Waals surface area contributed by atoms with E-state index >= 15 is 0 Å². The van der Waals surface area contributed by atoms with Crippen molar-refractivity contribution < 1.29 is 4.79 Å². The smallest absolute Gasteiger partial charge is 0.279 e. The monoisotopic (exact) mass is 472 g/mol. The van der Waals surface area contributed by atoms with E-state index in [1.807, 2.05) is 25.1 Å². The van der Waals surface area contributed by atoms with Gasteiger partial charge in [-0.3, -0.25) is 9.59 Å². The molecule has 33 heavy (non-hydrogen) atoms. The molecule has 5 rings (SSSR count). The van der Waals surface area contributed by atoms with Gasteiger partial charge in [-0.15, -0.1) is 22.7 Å². The first-order valence-corrected chi connectivity index (χ1v) is 12.2. The van der Waals surface area contributed by atoms with E-state index in [1.165, 1.54) is 9.56 Å². The van der Waals surface area contributed by atoms with Crippen LogP contribution < -0.4 is 10.9 Å². The van der Waals surface area contributed by atoms with Crippen LogP contribution >= 0.6 is 22.7 Å². The number of thiazole rings is 1. The summed E-state index contributed by atoms with van der Waals surface area (Å²) in [7, 11) is 0. The fraction of sp³-hybridized carbons (Fsp3) is 0.120. The third-order valence-electron chi connectivity index (χ3n) is 5.21. The highest BCUT2D eigenvalue weighted by Crippen LogP contribution is 2.29. The van der Waals surface area contributed by atoms with E-state index in [4.69, 9.17) is 0 Å². The lowest BCUT2D eigenvalue weighted by molar-refractivity contribution is 0.0949. The minimum atomic E-state index is -0.303. The second-order valence-electron chi connectivity index (χ2n) is 7.47. The van der Waals surface area contributed by atoms with E-state index in [-0.39, 0.29) is 17.2 Å². The van der Waals surface area contributed by atoms with Crippen molar-refractivity contribution in [3.8, 4) is 16.3 Å². The van der Waals surface area contributed by atoms with Crippen LogP contribution in [-0.4, -0.2) is 27.2 Å². The molecule has 1 N–H and O–H groups in total. The van der Waals surface area contributed by atoms with Gasteiger partial charge in [0.1, 0.15) is 0 Å². The van der Waals surface area contributed by atoms with Crippen LogP contribution in [-0.2, 0) is 6.42 Å². The number of aryl methyl sites for hydroxylation is 1. The average molecular weight is 473 g/mol. The zero-order valence-electron chi connectivity index (χ0n) is 17.8. The lowest BCUT2D eigenvalue weighted by Crippen LogP contribution is -2.31. The van der Waals surface area contributed by atoms with Gasteiger partial charge in [-0.1, -0.05) is 36.4 Å². The van der Waals surface area contributed by atoms with Crippen molar-refractivity contribution in [3.63, 3.8) is 0 Å². The number of hydrogen-bond acceptors (Lipinski definition) is 6. The van der Waals surface area contributed by atoms with Gasteiger partial charge in [-0.25, -0.2) is 4.98 Å². The number of rotatable bonds is 6. The van der Waals surface area contributed by atoms with Crippen molar-refractivity contribution in [2.24, 2.45) is 0 Å². The van der Waals surface area contributed by atoms with Gasteiger partial charge in [-0.2, -0.15) is 9.78 Å². The Bertz CT molecular complexity index is 1500. The van der Waals surface area contributed by atoms with Gasteiger partial charge >= 0.3 is 0 Å². The molecule has 0 aliphatic rings. The number of amides is 1. The number of nitrogens with zero attached hydrogens (tertiary/aromatic N) is 3. The summed E-state index contributed by atoms with van der Waals surface area (Å²) < 4.78 is 1.29. The largest absolute Gasteiger partial charge is 0.350 e. The number of thiophene rings is 1. The van der Waals surface area contributed by atoms with Gasteiger partial charge in [0.2, 0.25) is 0 Å². The summed E-state index contributed by atoms with van der Waals surface area (Å²) in [4.78, 5) is 32.9. The number of carbonyl (C=O) groups excluding carboxylic acids is 1. The highest BCUT2D eigenvalue weighted by atomic mass is 32.1. The van der Waals surface area contributed by atoms with E-state index in [9.17, 15) is 9.59 Å². The average Bonchev–Trinajstić information content (AvgIpc) is 3.49. The maximum Gasteiger partial charge on any atom is 0.279 e. The molecule has 0 aliphatic heterocycles. The van der Waals surface area contributed by atoms with Gasteiger partial charge in [0.25, 0.3) is 11.5 Å². The Kier molecular flexibility index (Phi) is 5.85. The van der Waals surface area contributed by atoms with Gasteiger partial charge in [0, 0.05) is 22.2 Å². The number of carbonyl (C=O) groups is 1. The first-order valence-electron chi connectivity index (χ1n) is 10.5. The normalized spacial score (nSPS) is 11.1. The Morgan fingerprint density at radius 2 is 1.76 bits per heavy atom. The molecule has 8 heteroatoms. The number of aromatic nitrogens is 3. The molecule has 0 bridgehead atoms. The molecule has 0 aliphatic carbocycles. The molecule has 0 saturated carbocycles. The Balaban J connectivity index is 1.37. The van der Waals surface area contributed by atoms with Crippen LogP contribution in [0, 0.1) is 6.92 Å². The second-order valence-corrected chi connectivity index (χ2v) is 9.70. The van der Waals surface area contributed by atoms with Crippen molar-refractivity contribution in [2.45, 2.75) is 13.3 Å². The maximum absolute atomic E-state index is 13.1. The summed E-state index contributed by atoms with van der Waals surface area (Å²) in [5.74, 6) is -0.303. The molecule has 0 spiro atoms. The van der Waals surface area contributed by atoms with E-state index in [0.29, 0.717) is 29.4 Å². The number of nitrogens with one attached hydrogen (secondary N) is 1. The van der Waals surface area contributed by atoms with Crippen molar-refractivity contribution in [1.29, 1.82) is 0 Å². The number of hydrogen-bond donors (Lipinski definition) is 1. The summed E-state index contributed by atoms with van der Waals surface area (Å²) in [5, 5.41) is 11.5. The second kappa shape index (κ2) is 9.09. The Morgan fingerprint density at radius 3 is 2.52 bits per heavy atom. The number of para-hydroxylation sites is 1.